The maximum atomic E-state index is 10.8. The molecule has 2 heterocycles. The van der Waals surface area contributed by atoms with E-state index in [1.54, 1.807) is 7.11 Å². The van der Waals surface area contributed by atoms with E-state index in [0.29, 0.717) is 0 Å². The summed E-state index contributed by atoms with van der Waals surface area (Å²) in [5.74, 6) is 0.856. The van der Waals surface area contributed by atoms with Crippen LogP contribution >= 0.6 is 0 Å². The molecule has 0 radical (unpaired) electrons. The molecule has 106 valence electrons. The fourth-order valence-electron chi connectivity index (χ4n) is 2.06. The fraction of sp³-hybridized carbons (Fsp3) is 0.333. The van der Waals surface area contributed by atoms with E-state index in [-0.39, 0.29) is 6.04 Å². The Morgan fingerprint density at radius 1 is 1.45 bits per heavy atom. The molecule has 1 atom stereocenters. The third kappa shape index (κ3) is 2.79. The molecule has 0 saturated heterocycles. The molecule has 3 rings (SSSR count). The number of benzene rings is 1. The van der Waals surface area contributed by atoms with Crippen LogP contribution in [-0.2, 0) is 9.53 Å². The topological polar surface area (TPSA) is 53.9 Å². The molecule has 1 aromatic carbocycles. The Labute approximate surface area is 118 Å². The number of nitrogens with zero attached hydrogens (tertiary/aromatic N) is 2. The van der Waals surface area contributed by atoms with Gasteiger partial charge in [0.2, 0.25) is 0 Å². The molecule has 20 heavy (non-hydrogen) atoms. The Hall–Kier alpha value is -1.98. The first-order valence-corrected chi connectivity index (χ1v) is 6.58. The summed E-state index contributed by atoms with van der Waals surface area (Å²) in [4.78, 5) is 15.3. The first kappa shape index (κ1) is 14.4. The number of hydrogen-bond acceptors (Lipinski definition) is 5. The lowest BCUT2D eigenvalue weighted by atomic mass is 10.1. The number of nitrogens with one attached hydrogen (secondary N) is 1. The second-order valence-electron chi connectivity index (χ2n) is 4.43. The van der Waals surface area contributed by atoms with Gasteiger partial charge in [-0.15, -0.1) is 0 Å². The van der Waals surface area contributed by atoms with Crippen molar-refractivity contribution in [1.29, 1.82) is 0 Å². The fourth-order valence-corrected chi connectivity index (χ4v) is 2.06. The van der Waals surface area contributed by atoms with E-state index < -0.39 is 0 Å². The summed E-state index contributed by atoms with van der Waals surface area (Å²) in [5.41, 5.74) is 6.10. The van der Waals surface area contributed by atoms with Crippen LogP contribution in [-0.4, -0.2) is 36.9 Å². The number of ether oxygens (including phenoxy) is 1. The van der Waals surface area contributed by atoms with Crippen LogP contribution in [0, 0.1) is 0 Å². The molecule has 1 N–H and O–H groups in total. The van der Waals surface area contributed by atoms with E-state index >= 15 is 0 Å². The summed E-state index contributed by atoms with van der Waals surface area (Å²) in [6, 6.07) is 7.67. The summed E-state index contributed by atoms with van der Waals surface area (Å²) in [7, 11) is 1.68. The number of carbonyl (C=O) groups is 1. The van der Waals surface area contributed by atoms with E-state index in [1.807, 2.05) is 49.2 Å². The number of aliphatic imine (C=N–C) groups is 1. The van der Waals surface area contributed by atoms with Crippen LogP contribution in [0.3, 0.4) is 0 Å². The summed E-state index contributed by atoms with van der Waals surface area (Å²) >= 11 is 0. The van der Waals surface area contributed by atoms with Gasteiger partial charge in [-0.1, -0.05) is 18.2 Å². The van der Waals surface area contributed by atoms with E-state index in [0.717, 1.165) is 35.7 Å². The second kappa shape index (κ2) is 6.45. The van der Waals surface area contributed by atoms with Gasteiger partial charge in [-0.25, -0.2) is 10.4 Å². The number of carbonyl (C=O) groups excluding carboxylic acids is 1. The van der Waals surface area contributed by atoms with Gasteiger partial charge >= 0.3 is 0 Å². The third-order valence-electron chi connectivity index (χ3n) is 3.08. The van der Waals surface area contributed by atoms with E-state index in [9.17, 15) is 4.79 Å². The van der Waals surface area contributed by atoms with Crippen molar-refractivity contribution in [2.75, 3.05) is 13.7 Å². The molecular formula is C15H19N3O2. The molecule has 0 aromatic heterocycles. The molecule has 2 aliphatic heterocycles. The molecule has 0 fully saturated rings. The predicted octanol–water partition coefficient (Wildman–Crippen LogP) is 2.13. The van der Waals surface area contributed by atoms with Gasteiger partial charge in [0.05, 0.1) is 11.4 Å². The van der Waals surface area contributed by atoms with Gasteiger partial charge in [0.15, 0.2) is 0 Å². The van der Waals surface area contributed by atoms with Crippen LogP contribution in [0.1, 0.15) is 19.4 Å². The van der Waals surface area contributed by atoms with Crippen LogP contribution in [0.5, 0.6) is 0 Å². The van der Waals surface area contributed by atoms with Gasteiger partial charge in [0.25, 0.3) is 0 Å². The zero-order valence-electron chi connectivity index (χ0n) is 12.0. The number of rotatable bonds is 2. The molecule has 5 heteroatoms. The van der Waals surface area contributed by atoms with Crippen LogP contribution in [0.25, 0.3) is 5.70 Å². The molecule has 1 unspecified atom stereocenters. The molecular weight excluding hydrogens is 254 g/mol. The van der Waals surface area contributed by atoms with Crippen molar-refractivity contribution in [2.45, 2.75) is 19.9 Å². The molecule has 0 aliphatic carbocycles. The highest BCUT2D eigenvalue weighted by Crippen LogP contribution is 2.35. The standard InChI is InChI=1S/C12H11N3O.C3H8O/c1-8-13-11-5-3-2-4-10(11)12-6-9(7-16)14-15(8)12;1-3-4-2/h2-7,9,14H,1H3;3H2,1-2H3. The smallest absolute Gasteiger partial charge is 0.142 e. The molecule has 2 aliphatic rings. The number of aldehydes is 1. The van der Waals surface area contributed by atoms with Gasteiger partial charge in [0, 0.05) is 19.3 Å². The van der Waals surface area contributed by atoms with E-state index in [4.69, 9.17) is 0 Å². The zero-order valence-corrected chi connectivity index (χ0v) is 12.0. The number of hydrogen-bond donors (Lipinski definition) is 1. The van der Waals surface area contributed by atoms with Gasteiger partial charge in [-0.05, 0) is 26.0 Å². The highest BCUT2D eigenvalue weighted by Gasteiger charge is 2.29. The zero-order chi connectivity index (χ0) is 14.5. The van der Waals surface area contributed by atoms with Crippen LogP contribution in [0.2, 0.25) is 0 Å². The number of para-hydroxylation sites is 1. The van der Waals surface area contributed by atoms with Crippen molar-refractivity contribution in [3.8, 4) is 0 Å². The highest BCUT2D eigenvalue weighted by atomic mass is 16.5. The number of hydrazine groups is 1. The Kier molecular flexibility index (Phi) is 4.65. The summed E-state index contributed by atoms with van der Waals surface area (Å²) in [6.07, 6.45) is 2.81. The van der Waals surface area contributed by atoms with E-state index in [1.165, 1.54) is 0 Å². The first-order chi connectivity index (χ1) is 9.71. The van der Waals surface area contributed by atoms with Crippen LogP contribution in [0.4, 0.5) is 5.69 Å². The molecule has 1 aromatic rings. The minimum absolute atomic E-state index is 0.258. The predicted molar refractivity (Wildman–Crippen MR) is 79.6 cm³/mol. The monoisotopic (exact) mass is 273 g/mol. The molecule has 0 saturated carbocycles. The molecule has 5 nitrogen and oxygen atoms in total. The lowest BCUT2D eigenvalue weighted by molar-refractivity contribution is -0.108. The van der Waals surface area contributed by atoms with Crippen molar-refractivity contribution in [2.24, 2.45) is 4.99 Å². The van der Waals surface area contributed by atoms with Crippen molar-refractivity contribution < 1.29 is 9.53 Å². The van der Waals surface area contributed by atoms with E-state index in [2.05, 4.69) is 15.2 Å². The van der Waals surface area contributed by atoms with Gasteiger partial charge in [-0.2, -0.15) is 0 Å². The van der Waals surface area contributed by atoms with Crippen molar-refractivity contribution >= 4 is 23.5 Å². The minimum atomic E-state index is -0.258. The Morgan fingerprint density at radius 2 is 2.15 bits per heavy atom. The Bertz CT molecular complexity index is 550. The highest BCUT2D eigenvalue weighted by molar-refractivity contribution is 5.98. The lowest BCUT2D eigenvalue weighted by Gasteiger charge is -2.27. The van der Waals surface area contributed by atoms with Crippen molar-refractivity contribution in [3.63, 3.8) is 0 Å². The van der Waals surface area contributed by atoms with Gasteiger partial charge in [-0.3, -0.25) is 5.01 Å². The normalized spacial score (nSPS) is 19.1. The van der Waals surface area contributed by atoms with Crippen LogP contribution < -0.4 is 5.43 Å². The average molecular weight is 273 g/mol. The number of fused-ring (bicyclic) bond motifs is 3. The Morgan fingerprint density at radius 3 is 2.80 bits per heavy atom. The second-order valence-corrected chi connectivity index (χ2v) is 4.43. The Balaban J connectivity index is 0.000000328. The number of amidine groups is 1. The largest absolute Gasteiger partial charge is 0.385 e. The van der Waals surface area contributed by atoms with Crippen molar-refractivity contribution in [1.82, 2.24) is 10.4 Å². The SMILES string of the molecule is CC1=Nc2ccccc2C2=CC(C=O)NN21.CCOC. The van der Waals surface area contributed by atoms with Crippen LogP contribution in [0.15, 0.2) is 35.3 Å². The maximum Gasteiger partial charge on any atom is 0.142 e. The molecule has 0 spiro atoms. The maximum absolute atomic E-state index is 10.8. The third-order valence-corrected chi connectivity index (χ3v) is 3.08. The summed E-state index contributed by atoms with van der Waals surface area (Å²) in [5, 5.41) is 1.86. The summed E-state index contributed by atoms with van der Waals surface area (Å²) in [6.45, 7) is 4.70. The quantitative estimate of drug-likeness (QED) is 0.839. The van der Waals surface area contributed by atoms with Crippen molar-refractivity contribution in [3.05, 3.63) is 35.9 Å². The first-order valence-electron chi connectivity index (χ1n) is 6.58. The summed E-state index contributed by atoms with van der Waals surface area (Å²) < 4.78 is 4.54. The number of methoxy groups -OCH3 is 1. The van der Waals surface area contributed by atoms with Gasteiger partial charge in [0.1, 0.15) is 18.2 Å². The molecule has 0 bridgehead atoms. The lowest BCUT2D eigenvalue weighted by Crippen LogP contribution is -2.41. The van der Waals surface area contributed by atoms with Gasteiger partial charge < -0.3 is 9.53 Å². The minimum Gasteiger partial charge on any atom is -0.385 e. The average Bonchev–Trinajstić information content (AvgIpc) is 2.93. The molecule has 0 amide bonds.